The van der Waals surface area contributed by atoms with E-state index in [-0.39, 0.29) is 25.4 Å². The molecule has 1 aromatic rings. The normalized spacial score (nSPS) is 17.8. The van der Waals surface area contributed by atoms with Crippen LogP contribution >= 0.6 is 0 Å². The summed E-state index contributed by atoms with van der Waals surface area (Å²) in [6.07, 6.45) is 0. The molecule has 1 N–H and O–H groups in total. The number of nitrogens with zero attached hydrogens (tertiary/aromatic N) is 1. The van der Waals surface area contributed by atoms with E-state index in [1.165, 1.54) is 26.4 Å². The van der Waals surface area contributed by atoms with Gasteiger partial charge < -0.3 is 14.6 Å². The number of ether oxygens (including phenoxy) is 2. The van der Waals surface area contributed by atoms with E-state index in [2.05, 4.69) is 0 Å². The van der Waals surface area contributed by atoms with Crippen LogP contribution in [-0.2, 0) is 19.6 Å². The Labute approximate surface area is 127 Å². The molecule has 0 amide bonds. The summed E-state index contributed by atoms with van der Waals surface area (Å²) in [6.45, 7) is -0.654. The van der Waals surface area contributed by atoms with Crippen molar-refractivity contribution in [2.45, 2.75) is 4.90 Å². The zero-order valence-corrected chi connectivity index (χ0v) is 12.9. The van der Waals surface area contributed by atoms with Crippen LogP contribution in [0.5, 0.6) is 5.75 Å². The fraction of sp³-hybridized carbons (Fsp3) is 0.462. The Morgan fingerprint density at radius 1 is 1.41 bits per heavy atom. The Bertz CT molecular complexity index is 684. The van der Waals surface area contributed by atoms with E-state index in [9.17, 15) is 22.7 Å². The molecule has 0 spiro atoms. The van der Waals surface area contributed by atoms with E-state index in [0.29, 0.717) is 0 Å². The zero-order valence-electron chi connectivity index (χ0n) is 12.1. The number of halogens is 1. The second-order valence-electron chi connectivity index (χ2n) is 5.06. The molecule has 2 rings (SSSR count). The monoisotopic (exact) mass is 333 g/mol. The first-order valence-corrected chi connectivity index (χ1v) is 7.77. The van der Waals surface area contributed by atoms with Crippen molar-refractivity contribution in [2.24, 2.45) is 5.41 Å². The van der Waals surface area contributed by atoms with Crippen molar-refractivity contribution in [2.75, 3.05) is 33.9 Å². The van der Waals surface area contributed by atoms with Crippen molar-refractivity contribution in [1.82, 2.24) is 4.31 Å². The largest absolute Gasteiger partial charge is 0.494 e. The quantitative estimate of drug-likeness (QED) is 0.817. The second-order valence-corrected chi connectivity index (χ2v) is 6.97. The van der Waals surface area contributed by atoms with Gasteiger partial charge in [-0.1, -0.05) is 6.07 Å². The van der Waals surface area contributed by atoms with Crippen molar-refractivity contribution in [3.63, 3.8) is 0 Å². The van der Waals surface area contributed by atoms with Gasteiger partial charge >= 0.3 is 5.97 Å². The third kappa shape index (κ3) is 2.55. The number of rotatable bonds is 6. The van der Waals surface area contributed by atoms with Gasteiger partial charge in [-0.25, -0.2) is 12.8 Å². The van der Waals surface area contributed by atoms with Crippen LogP contribution in [-0.4, -0.2) is 57.7 Å². The number of benzene rings is 1. The van der Waals surface area contributed by atoms with Gasteiger partial charge in [0, 0.05) is 20.2 Å². The molecule has 7 nitrogen and oxygen atoms in total. The van der Waals surface area contributed by atoms with Gasteiger partial charge in [-0.05, 0) is 12.1 Å². The molecule has 0 bridgehead atoms. The molecule has 0 unspecified atom stereocenters. The molecular weight excluding hydrogens is 317 g/mol. The molecule has 0 atom stereocenters. The van der Waals surface area contributed by atoms with E-state index < -0.39 is 32.1 Å². The zero-order chi connectivity index (χ0) is 16.5. The highest BCUT2D eigenvalue weighted by Crippen LogP contribution is 2.37. The van der Waals surface area contributed by atoms with Crippen LogP contribution in [0.1, 0.15) is 0 Å². The molecule has 1 aliphatic rings. The molecule has 0 saturated carbocycles. The van der Waals surface area contributed by atoms with E-state index in [4.69, 9.17) is 9.47 Å². The highest BCUT2D eigenvalue weighted by molar-refractivity contribution is 7.89. The minimum atomic E-state index is -4.13. The number of carbonyl (C=O) groups is 1. The summed E-state index contributed by atoms with van der Waals surface area (Å²) in [5.41, 5.74) is -1.29. The predicted molar refractivity (Wildman–Crippen MR) is 73.7 cm³/mol. The lowest BCUT2D eigenvalue weighted by Crippen LogP contribution is -2.64. The maximum atomic E-state index is 14.1. The number of hydrogen-bond donors (Lipinski definition) is 1. The number of methoxy groups -OCH3 is 2. The molecule has 0 aliphatic carbocycles. The van der Waals surface area contributed by atoms with Crippen molar-refractivity contribution in [1.29, 1.82) is 0 Å². The summed E-state index contributed by atoms with van der Waals surface area (Å²) in [6, 6.07) is 3.77. The molecule has 1 saturated heterocycles. The fourth-order valence-electron chi connectivity index (χ4n) is 2.35. The molecule has 122 valence electrons. The Morgan fingerprint density at radius 2 is 2.05 bits per heavy atom. The van der Waals surface area contributed by atoms with Crippen molar-refractivity contribution in [3.05, 3.63) is 24.0 Å². The van der Waals surface area contributed by atoms with Crippen molar-refractivity contribution in [3.8, 4) is 5.75 Å². The van der Waals surface area contributed by atoms with Crippen LogP contribution in [0, 0.1) is 11.2 Å². The first kappa shape index (κ1) is 16.7. The highest BCUT2D eigenvalue weighted by Gasteiger charge is 2.54. The summed E-state index contributed by atoms with van der Waals surface area (Å²) >= 11 is 0. The van der Waals surface area contributed by atoms with Gasteiger partial charge in [-0.15, -0.1) is 0 Å². The van der Waals surface area contributed by atoms with Crippen LogP contribution in [0.2, 0.25) is 0 Å². The maximum absolute atomic E-state index is 14.1. The van der Waals surface area contributed by atoms with Gasteiger partial charge in [0.05, 0.1) is 13.7 Å². The number of aliphatic carboxylic acids is 1. The molecule has 1 heterocycles. The molecule has 9 heteroatoms. The highest BCUT2D eigenvalue weighted by atomic mass is 32.2. The minimum absolute atomic E-state index is 0.116. The van der Waals surface area contributed by atoms with Crippen LogP contribution in [0.4, 0.5) is 4.39 Å². The summed E-state index contributed by atoms with van der Waals surface area (Å²) < 4.78 is 49.5. The van der Waals surface area contributed by atoms with E-state index in [1.54, 1.807) is 0 Å². The van der Waals surface area contributed by atoms with E-state index in [0.717, 1.165) is 10.4 Å². The Hall–Kier alpha value is -1.71. The smallest absolute Gasteiger partial charge is 0.314 e. The first-order chi connectivity index (χ1) is 10.3. The first-order valence-electron chi connectivity index (χ1n) is 6.33. The molecule has 1 fully saturated rings. The Morgan fingerprint density at radius 3 is 2.55 bits per heavy atom. The lowest BCUT2D eigenvalue weighted by Gasteiger charge is -2.45. The third-order valence-electron chi connectivity index (χ3n) is 3.60. The number of carboxylic acids is 1. The van der Waals surface area contributed by atoms with Crippen molar-refractivity contribution >= 4 is 16.0 Å². The maximum Gasteiger partial charge on any atom is 0.314 e. The van der Waals surface area contributed by atoms with Crippen LogP contribution in [0.15, 0.2) is 23.1 Å². The van der Waals surface area contributed by atoms with Gasteiger partial charge in [0.1, 0.15) is 10.3 Å². The number of sulfonamides is 1. The third-order valence-corrected chi connectivity index (χ3v) is 5.41. The van der Waals surface area contributed by atoms with Gasteiger partial charge in [0.15, 0.2) is 11.6 Å². The number of hydrogen-bond acceptors (Lipinski definition) is 5. The summed E-state index contributed by atoms with van der Waals surface area (Å²) in [5.74, 6) is -2.33. The van der Waals surface area contributed by atoms with Gasteiger partial charge in [0.25, 0.3) is 0 Å². The van der Waals surface area contributed by atoms with Gasteiger partial charge in [-0.3, -0.25) is 4.79 Å². The summed E-state index contributed by atoms with van der Waals surface area (Å²) in [5, 5.41) is 9.21. The molecule has 1 aliphatic heterocycles. The average molecular weight is 333 g/mol. The molecule has 0 radical (unpaired) electrons. The van der Waals surface area contributed by atoms with Crippen molar-refractivity contribution < 1.29 is 32.2 Å². The second kappa shape index (κ2) is 5.82. The van der Waals surface area contributed by atoms with Crippen LogP contribution in [0.3, 0.4) is 0 Å². The lowest BCUT2D eigenvalue weighted by atomic mass is 9.83. The van der Waals surface area contributed by atoms with Crippen LogP contribution in [0.25, 0.3) is 0 Å². The standard InChI is InChI=1S/C13H16FNO6S/c1-20-8-13(12(16)17)6-15(7-13)22(18,19)10-5-3-4-9(21-2)11(10)14/h3-5H,6-8H2,1-2H3,(H,16,17). The summed E-state index contributed by atoms with van der Waals surface area (Å²) in [7, 11) is -1.56. The molecule has 0 aromatic heterocycles. The van der Waals surface area contributed by atoms with E-state index >= 15 is 0 Å². The topological polar surface area (TPSA) is 93.1 Å². The molecule has 22 heavy (non-hydrogen) atoms. The SMILES string of the molecule is COCC1(C(=O)O)CN(S(=O)(=O)c2cccc(OC)c2F)C1. The lowest BCUT2D eigenvalue weighted by molar-refractivity contribution is -0.161. The minimum Gasteiger partial charge on any atom is -0.494 e. The fourth-order valence-corrected chi connectivity index (χ4v) is 4.04. The predicted octanol–water partition coefficient (Wildman–Crippen LogP) is 0.556. The Kier molecular flexibility index (Phi) is 4.41. The van der Waals surface area contributed by atoms with E-state index in [1.807, 2.05) is 0 Å². The van der Waals surface area contributed by atoms with Gasteiger partial charge in [0.2, 0.25) is 10.0 Å². The van der Waals surface area contributed by atoms with Gasteiger partial charge in [-0.2, -0.15) is 4.31 Å². The number of carboxylic acid groups (broad SMARTS) is 1. The average Bonchev–Trinajstić information content (AvgIpc) is 2.41. The molecular formula is C13H16FNO6S. The summed E-state index contributed by atoms with van der Waals surface area (Å²) in [4.78, 5) is 10.7. The Balaban J connectivity index is 2.29. The molecule has 1 aromatic carbocycles. The van der Waals surface area contributed by atoms with Crippen LogP contribution < -0.4 is 4.74 Å².